The molecule has 1 atom stereocenters. The van der Waals surface area contributed by atoms with Crippen molar-refractivity contribution < 1.29 is 13.6 Å². The van der Waals surface area contributed by atoms with Gasteiger partial charge in [-0.05, 0) is 37.6 Å². The minimum absolute atomic E-state index is 0.0245. The highest BCUT2D eigenvalue weighted by atomic mass is 19.1. The summed E-state index contributed by atoms with van der Waals surface area (Å²) >= 11 is 0. The standard InChI is InChI=1S/C15H16FNO2/c1-10-7-8-14(19-10)11(2)17-15(18)9-12-5-3-4-6-13(12)16/h3-8,11H,9H2,1-2H3,(H,17,18)/t11-/m1/s1. The van der Waals surface area contributed by atoms with Gasteiger partial charge in [0.1, 0.15) is 17.3 Å². The fourth-order valence-corrected chi connectivity index (χ4v) is 1.86. The molecular formula is C15H16FNO2. The van der Waals surface area contributed by atoms with Crippen LogP contribution in [0.3, 0.4) is 0 Å². The zero-order chi connectivity index (χ0) is 13.8. The van der Waals surface area contributed by atoms with E-state index >= 15 is 0 Å². The monoisotopic (exact) mass is 261 g/mol. The Morgan fingerprint density at radius 3 is 2.68 bits per heavy atom. The smallest absolute Gasteiger partial charge is 0.225 e. The molecule has 19 heavy (non-hydrogen) atoms. The number of amides is 1. The Balaban J connectivity index is 1.96. The van der Waals surface area contributed by atoms with E-state index in [0.717, 1.165) is 5.76 Å². The molecule has 1 heterocycles. The number of hydrogen-bond donors (Lipinski definition) is 1. The predicted octanol–water partition coefficient (Wildman–Crippen LogP) is 3.15. The third-order valence-electron chi connectivity index (χ3n) is 2.87. The van der Waals surface area contributed by atoms with Gasteiger partial charge in [-0.3, -0.25) is 4.79 Å². The first-order valence-electron chi connectivity index (χ1n) is 6.15. The Kier molecular flexibility index (Phi) is 4.00. The Hall–Kier alpha value is -2.10. The van der Waals surface area contributed by atoms with Crippen LogP contribution in [-0.4, -0.2) is 5.91 Å². The molecule has 0 saturated carbocycles. The van der Waals surface area contributed by atoms with E-state index in [9.17, 15) is 9.18 Å². The maximum atomic E-state index is 13.4. The van der Waals surface area contributed by atoms with Crippen molar-refractivity contribution in [3.8, 4) is 0 Å². The summed E-state index contributed by atoms with van der Waals surface area (Å²) in [5.41, 5.74) is 0.392. The van der Waals surface area contributed by atoms with Crippen LogP contribution in [0.15, 0.2) is 40.8 Å². The van der Waals surface area contributed by atoms with Crippen molar-refractivity contribution in [3.05, 3.63) is 59.3 Å². The lowest BCUT2D eigenvalue weighted by Crippen LogP contribution is -2.28. The predicted molar refractivity (Wildman–Crippen MR) is 70.1 cm³/mol. The second-order valence-corrected chi connectivity index (χ2v) is 4.51. The van der Waals surface area contributed by atoms with Crippen LogP contribution in [0.2, 0.25) is 0 Å². The molecule has 0 saturated heterocycles. The molecule has 1 aromatic heterocycles. The largest absolute Gasteiger partial charge is 0.464 e. The van der Waals surface area contributed by atoms with Gasteiger partial charge in [0.2, 0.25) is 5.91 Å². The second-order valence-electron chi connectivity index (χ2n) is 4.51. The zero-order valence-corrected chi connectivity index (χ0v) is 10.9. The van der Waals surface area contributed by atoms with Crippen molar-refractivity contribution in [2.24, 2.45) is 0 Å². The molecule has 1 N–H and O–H groups in total. The van der Waals surface area contributed by atoms with E-state index in [1.807, 2.05) is 26.0 Å². The van der Waals surface area contributed by atoms with Gasteiger partial charge in [0.15, 0.2) is 0 Å². The highest BCUT2D eigenvalue weighted by Crippen LogP contribution is 2.16. The average Bonchev–Trinajstić information content (AvgIpc) is 2.79. The molecule has 0 aliphatic heterocycles. The first-order chi connectivity index (χ1) is 9.06. The molecule has 2 aromatic rings. The molecule has 0 unspecified atom stereocenters. The Bertz CT molecular complexity index is 577. The molecule has 0 bridgehead atoms. The summed E-state index contributed by atoms with van der Waals surface area (Å²) in [6, 6.07) is 9.71. The number of furan rings is 1. The van der Waals surface area contributed by atoms with Gasteiger partial charge in [0.05, 0.1) is 12.5 Å². The van der Waals surface area contributed by atoms with Crippen molar-refractivity contribution in [1.82, 2.24) is 5.32 Å². The highest BCUT2D eigenvalue weighted by molar-refractivity contribution is 5.78. The number of benzene rings is 1. The zero-order valence-electron chi connectivity index (χ0n) is 10.9. The van der Waals surface area contributed by atoms with E-state index in [-0.39, 0.29) is 24.2 Å². The van der Waals surface area contributed by atoms with Crippen LogP contribution in [-0.2, 0) is 11.2 Å². The molecule has 0 fully saturated rings. The SMILES string of the molecule is Cc1ccc([C@@H](C)NC(=O)Cc2ccccc2F)o1. The van der Waals surface area contributed by atoms with Crippen LogP contribution >= 0.6 is 0 Å². The lowest BCUT2D eigenvalue weighted by Gasteiger charge is -2.11. The molecule has 1 amide bonds. The van der Waals surface area contributed by atoms with E-state index in [4.69, 9.17) is 4.42 Å². The van der Waals surface area contributed by atoms with Crippen molar-refractivity contribution >= 4 is 5.91 Å². The number of rotatable bonds is 4. The molecule has 1 aromatic carbocycles. The second kappa shape index (κ2) is 5.69. The number of carbonyl (C=O) groups excluding carboxylic acids is 1. The van der Waals surface area contributed by atoms with Gasteiger partial charge >= 0.3 is 0 Å². The van der Waals surface area contributed by atoms with Crippen molar-refractivity contribution in [1.29, 1.82) is 0 Å². The fourth-order valence-electron chi connectivity index (χ4n) is 1.86. The Morgan fingerprint density at radius 2 is 2.05 bits per heavy atom. The van der Waals surface area contributed by atoms with Gasteiger partial charge in [0, 0.05) is 0 Å². The number of nitrogens with one attached hydrogen (secondary N) is 1. The van der Waals surface area contributed by atoms with E-state index in [2.05, 4.69) is 5.32 Å². The number of halogens is 1. The van der Waals surface area contributed by atoms with Crippen molar-refractivity contribution in [2.75, 3.05) is 0 Å². The molecule has 4 heteroatoms. The van der Waals surface area contributed by atoms with E-state index in [1.54, 1.807) is 18.2 Å². The van der Waals surface area contributed by atoms with Crippen molar-refractivity contribution in [2.45, 2.75) is 26.3 Å². The van der Waals surface area contributed by atoms with Crippen molar-refractivity contribution in [3.63, 3.8) is 0 Å². The van der Waals surface area contributed by atoms with E-state index in [0.29, 0.717) is 11.3 Å². The number of hydrogen-bond acceptors (Lipinski definition) is 2. The van der Waals surface area contributed by atoms with Crippen LogP contribution in [0, 0.1) is 12.7 Å². The molecule has 3 nitrogen and oxygen atoms in total. The average molecular weight is 261 g/mol. The van der Waals surface area contributed by atoms with Gasteiger partial charge < -0.3 is 9.73 Å². The fraction of sp³-hybridized carbons (Fsp3) is 0.267. The summed E-state index contributed by atoms with van der Waals surface area (Å²) in [5, 5.41) is 2.79. The normalized spacial score (nSPS) is 12.2. The summed E-state index contributed by atoms with van der Waals surface area (Å²) in [4.78, 5) is 11.8. The molecule has 0 aliphatic rings. The van der Waals surface area contributed by atoms with Crippen LogP contribution < -0.4 is 5.32 Å². The number of aryl methyl sites for hydroxylation is 1. The highest BCUT2D eigenvalue weighted by Gasteiger charge is 2.14. The molecule has 0 aliphatic carbocycles. The maximum absolute atomic E-state index is 13.4. The van der Waals surface area contributed by atoms with E-state index < -0.39 is 0 Å². The lowest BCUT2D eigenvalue weighted by molar-refractivity contribution is -0.121. The van der Waals surface area contributed by atoms with Crippen LogP contribution in [0.5, 0.6) is 0 Å². The molecular weight excluding hydrogens is 245 g/mol. The quantitative estimate of drug-likeness (QED) is 0.918. The van der Waals surface area contributed by atoms with E-state index in [1.165, 1.54) is 6.07 Å². The summed E-state index contributed by atoms with van der Waals surface area (Å²) in [6.45, 7) is 3.68. The van der Waals surface area contributed by atoms with Gasteiger partial charge in [-0.15, -0.1) is 0 Å². The summed E-state index contributed by atoms with van der Waals surface area (Å²) < 4.78 is 18.8. The molecule has 2 rings (SSSR count). The topological polar surface area (TPSA) is 42.2 Å². The van der Waals surface area contributed by atoms with Gasteiger partial charge in [-0.1, -0.05) is 18.2 Å². The number of carbonyl (C=O) groups is 1. The minimum Gasteiger partial charge on any atom is -0.464 e. The lowest BCUT2D eigenvalue weighted by atomic mass is 10.1. The van der Waals surface area contributed by atoms with Crippen LogP contribution in [0.1, 0.15) is 30.0 Å². The minimum atomic E-state index is -0.362. The van der Waals surface area contributed by atoms with Crippen LogP contribution in [0.4, 0.5) is 4.39 Å². The molecule has 0 spiro atoms. The van der Waals surface area contributed by atoms with Crippen LogP contribution in [0.25, 0.3) is 0 Å². The summed E-state index contributed by atoms with van der Waals surface area (Å²) in [5.74, 6) is 0.899. The molecule has 100 valence electrons. The Morgan fingerprint density at radius 1 is 1.32 bits per heavy atom. The first-order valence-corrected chi connectivity index (χ1v) is 6.15. The first kappa shape index (κ1) is 13.3. The van der Waals surface area contributed by atoms with Gasteiger partial charge in [0.25, 0.3) is 0 Å². The third-order valence-corrected chi connectivity index (χ3v) is 2.87. The summed E-state index contributed by atoms with van der Waals surface area (Å²) in [6.07, 6.45) is 0.0245. The van der Waals surface area contributed by atoms with Gasteiger partial charge in [-0.2, -0.15) is 0 Å². The Labute approximate surface area is 111 Å². The van der Waals surface area contributed by atoms with Gasteiger partial charge in [-0.25, -0.2) is 4.39 Å². The summed E-state index contributed by atoms with van der Waals surface area (Å²) in [7, 11) is 0. The maximum Gasteiger partial charge on any atom is 0.225 e. The molecule has 0 radical (unpaired) electrons. The third kappa shape index (κ3) is 3.44.